The molecule has 18 heavy (non-hydrogen) atoms. The standard InChI is InChI=1S/C12H21N5O/c1-9(2)17-8-11(7-14-17)15-10-3-5-16(6-4-10)12(13)18/h7-10,15H,3-6H2,1-2H3,(H2,13,18). The summed E-state index contributed by atoms with van der Waals surface area (Å²) in [5, 5.41) is 7.75. The molecule has 3 N–H and O–H groups in total. The minimum Gasteiger partial charge on any atom is -0.380 e. The number of likely N-dealkylation sites (tertiary alicyclic amines) is 1. The first-order chi connectivity index (χ1) is 8.56. The maximum Gasteiger partial charge on any atom is 0.314 e. The molecule has 6 nitrogen and oxygen atoms in total. The molecule has 1 aromatic rings. The molecule has 0 atom stereocenters. The predicted molar refractivity (Wildman–Crippen MR) is 70.4 cm³/mol. The maximum absolute atomic E-state index is 11.0. The molecule has 1 aliphatic rings. The summed E-state index contributed by atoms with van der Waals surface area (Å²) >= 11 is 0. The summed E-state index contributed by atoms with van der Waals surface area (Å²) in [6.07, 6.45) is 5.72. The Morgan fingerprint density at radius 1 is 1.50 bits per heavy atom. The molecule has 6 heteroatoms. The monoisotopic (exact) mass is 251 g/mol. The normalized spacial score (nSPS) is 17.2. The zero-order valence-corrected chi connectivity index (χ0v) is 11.0. The second-order valence-electron chi connectivity index (χ2n) is 5.05. The van der Waals surface area contributed by atoms with Gasteiger partial charge in [0.2, 0.25) is 0 Å². The van der Waals surface area contributed by atoms with Gasteiger partial charge in [-0.2, -0.15) is 5.10 Å². The highest BCUT2D eigenvalue weighted by molar-refractivity contribution is 5.72. The van der Waals surface area contributed by atoms with Crippen molar-refractivity contribution >= 4 is 11.7 Å². The van der Waals surface area contributed by atoms with Gasteiger partial charge in [-0.25, -0.2) is 4.79 Å². The van der Waals surface area contributed by atoms with Gasteiger partial charge in [0, 0.05) is 31.4 Å². The zero-order chi connectivity index (χ0) is 13.1. The van der Waals surface area contributed by atoms with Gasteiger partial charge in [-0.1, -0.05) is 0 Å². The molecule has 1 aromatic heterocycles. The molecule has 0 aliphatic carbocycles. The fourth-order valence-corrected chi connectivity index (χ4v) is 2.17. The number of nitrogens with one attached hydrogen (secondary N) is 1. The van der Waals surface area contributed by atoms with Crippen molar-refractivity contribution in [3.63, 3.8) is 0 Å². The van der Waals surface area contributed by atoms with Crippen LogP contribution in [0.5, 0.6) is 0 Å². The summed E-state index contributed by atoms with van der Waals surface area (Å²) in [7, 11) is 0. The van der Waals surface area contributed by atoms with Gasteiger partial charge in [0.25, 0.3) is 0 Å². The first-order valence-electron chi connectivity index (χ1n) is 6.41. The van der Waals surface area contributed by atoms with Crippen LogP contribution in [0.3, 0.4) is 0 Å². The first-order valence-corrected chi connectivity index (χ1v) is 6.41. The number of piperidine rings is 1. The molecule has 0 aromatic carbocycles. The van der Waals surface area contributed by atoms with Crippen molar-refractivity contribution < 1.29 is 4.79 Å². The van der Waals surface area contributed by atoms with Gasteiger partial charge in [-0.15, -0.1) is 0 Å². The van der Waals surface area contributed by atoms with E-state index in [1.165, 1.54) is 0 Å². The molecule has 0 bridgehead atoms. The van der Waals surface area contributed by atoms with Crippen LogP contribution in [0.1, 0.15) is 32.7 Å². The Morgan fingerprint density at radius 2 is 2.17 bits per heavy atom. The number of hydrogen-bond acceptors (Lipinski definition) is 3. The number of primary amides is 1. The summed E-state index contributed by atoms with van der Waals surface area (Å²) in [4.78, 5) is 12.7. The van der Waals surface area contributed by atoms with Gasteiger partial charge < -0.3 is 16.0 Å². The van der Waals surface area contributed by atoms with E-state index in [0.717, 1.165) is 31.6 Å². The topological polar surface area (TPSA) is 76.2 Å². The smallest absolute Gasteiger partial charge is 0.314 e. The highest BCUT2D eigenvalue weighted by atomic mass is 16.2. The van der Waals surface area contributed by atoms with E-state index < -0.39 is 0 Å². The fraction of sp³-hybridized carbons (Fsp3) is 0.667. The van der Waals surface area contributed by atoms with E-state index in [4.69, 9.17) is 5.73 Å². The number of nitrogens with two attached hydrogens (primary N) is 1. The summed E-state index contributed by atoms with van der Waals surface area (Å²) < 4.78 is 1.93. The Hall–Kier alpha value is -1.72. The van der Waals surface area contributed by atoms with Crippen LogP contribution in [0, 0.1) is 0 Å². The number of nitrogens with zero attached hydrogens (tertiary/aromatic N) is 3. The highest BCUT2D eigenvalue weighted by Crippen LogP contribution is 2.17. The third-order valence-corrected chi connectivity index (χ3v) is 3.31. The van der Waals surface area contributed by atoms with Gasteiger partial charge >= 0.3 is 6.03 Å². The minimum absolute atomic E-state index is 0.318. The summed E-state index contributed by atoms with van der Waals surface area (Å²) in [6, 6.07) is 0.448. The average Bonchev–Trinajstić information content (AvgIpc) is 2.78. The molecule has 1 fully saturated rings. The molecule has 0 saturated carbocycles. The number of rotatable bonds is 3. The van der Waals surface area contributed by atoms with Gasteiger partial charge in [0.05, 0.1) is 11.9 Å². The van der Waals surface area contributed by atoms with Crippen LogP contribution in [-0.2, 0) is 0 Å². The Morgan fingerprint density at radius 3 is 2.67 bits per heavy atom. The van der Waals surface area contributed by atoms with E-state index in [1.807, 2.05) is 17.1 Å². The molecule has 2 amide bonds. The molecule has 1 aliphatic heterocycles. The lowest BCUT2D eigenvalue weighted by atomic mass is 10.1. The van der Waals surface area contributed by atoms with Crippen LogP contribution < -0.4 is 11.1 Å². The van der Waals surface area contributed by atoms with Crippen molar-refractivity contribution in [3.8, 4) is 0 Å². The van der Waals surface area contributed by atoms with E-state index in [2.05, 4.69) is 24.3 Å². The van der Waals surface area contributed by atoms with Crippen molar-refractivity contribution in [2.75, 3.05) is 18.4 Å². The fourth-order valence-electron chi connectivity index (χ4n) is 2.17. The third-order valence-electron chi connectivity index (χ3n) is 3.31. The number of urea groups is 1. The summed E-state index contributed by atoms with van der Waals surface area (Å²) in [5.41, 5.74) is 6.30. The number of carbonyl (C=O) groups is 1. The molecular formula is C12H21N5O. The zero-order valence-electron chi connectivity index (χ0n) is 11.0. The molecule has 0 unspecified atom stereocenters. The number of carbonyl (C=O) groups excluding carboxylic acids is 1. The molecule has 0 spiro atoms. The van der Waals surface area contributed by atoms with Gasteiger partial charge in [0.1, 0.15) is 0 Å². The SMILES string of the molecule is CC(C)n1cc(NC2CCN(C(N)=O)CC2)cn1. The Labute approximate surface area is 107 Å². The van der Waals surface area contributed by atoms with Crippen molar-refractivity contribution in [2.24, 2.45) is 5.73 Å². The third kappa shape index (κ3) is 2.94. The lowest BCUT2D eigenvalue weighted by molar-refractivity contribution is 0.193. The van der Waals surface area contributed by atoms with Gasteiger partial charge in [0.15, 0.2) is 0 Å². The molecular weight excluding hydrogens is 230 g/mol. The van der Waals surface area contributed by atoms with Crippen LogP contribution in [0.4, 0.5) is 10.5 Å². The lowest BCUT2D eigenvalue weighted by Gasteiger charge is -2.31. The van der Waals surface area contributed by atoms with E-state index in [1.54, 1.807) is 4.90 Å². The number of aromatic nitrogens is 2. The van der Waals surface area contributed by atoms with Crippen molar-refractivity contribution in [3.05, 3.63) is 12.4 Å². The quantitative estimate of drug-likeness (QED) is 0.853. The van der Waals surface area contributed by atoms with E-state index >= 15 is 0 Å². The largest absolute Gasteiger partial charge is 0.380 e. The van der Waals surface area contributed by atoms with E-state index in [0.29, 0.717) is 12.1 Å². The van der Waals surface area contributed by atoms with Crippen LogP contribution in [0.15, 0.2) is 12.4 Å². The van der Waals surface area contributed by atoms with E-state index in [-0.39, 0.29) is 6.03 Å². The van der Waals surface area contributed by atoms with Gasteiger partial charge in [-0.05, 0) is 26.7 Å². The van der Waals surface area contributed by atoms with Crippen LogP contribution in [0.25, 0.3) is 0 Å². The lowest BCUT2D eigenvalue weighted by Crippen LogP contribution is -2.44. The average molecular weight is 251 g/mol. The molecule has 2 rings (SSSR count). The van der Waals surface area contributed by atoms with Crippen molar-refractivity contribution in [2.45, 2.75) is 38.8 Å². The molecule has 100 valence electrons. The molecule has 2 heterocycles. The maximum atomic E-state index is 11.0. The molecule has 0 radical (unpaired) electrons. The minimum atomic E-state index is -0.318. The predicted octanol–water partition coefficient (Wildman–Crippen LogP) is 1.42. The molecule has 1 saturated heterocycles. The van der Waals surface area contributed by atoms with Crippen LogP contribution >= 0.6 is 0 Å². The summed E-state index contributed by atoms with van der Waals surface area (Å²) in [6.45, 7) is 5.65. The second kappa shape index (κ2) is 5.29. The van der Waals surface area contributed by atoms with Crippen LogP contribution in [0.2, 0.25) is 0 Å². The Balaban J connectivity index is 1.85. The second-order valence-corrected chi connectivity index (χ2v) is 5.05. The van der Waals surface area contributed by atoms with Crippen LogP contribution in [-0.4, -0.2) is 39.8 Å². The highest BCUT2D eigenvalue weighted by Gasteiger charge is 2.21. The summed E-state index contributed by atoms with van der Waals surface area (Å²) in [5.74, 6) is 0. The van der Waals surface area contributed by atoms with Gasteiger partial charge in [-0.3, -0.25) is 4.68 Å². The van der Waals surface area contributed by atoms with E-state index in [9.17, 15) is 4.79 Å². The van der Waals surface area contributed by atoms with Crippen molar-refractivity contribution in [1.82, 2.24) is 14.7 Å². The number of anilines is 1. The first kappa shape index (κ1) is 12.7. The Bertz CT molecular complexity index is 406. The Kier molecular flexibility index (Phi) is 3.74. The number of amides is 2. The number of hydrogen-bond donors (Lipinski definition) is 2. The van der Waals surface area contributed by atoms with Crippen molar-refractivity contribution in [1.29, 1.82) is 0 Å².